The Morgan fingerprint density at radius 1 is 1.43 bits per heavy atom. The van der Waals surface area contributed by atoms with Gasteiger partial charge >= 0.3 is 0 Å². The lowest BCUT2D eigenvalue weighted by Gasteiger charge is -1.99. The Balaban J connectivity index is 2.70. The quantitative estimate of drug-likeness (QED) is 0.793. The summed E-state index contributed by atoms with van der Waals surface area (Å²) < 4.78 is 18.5. The second kappa shape index (κ2) is 3.42. The summed E-state index contributed by atoms with van der Waals surface area (Å²) in [5.41, 5.74) is 2.40. The molecule has 2 nitrogen and oxygen atoms in total. The van der Waals surface area contributed by atoms with Crippen molar-refractivity contribution in [2.24, 2.45) is 0 Å². The van der Waals surface area contributed by atoms with Crippen molar-refractivity contribution < 1.29 is 8.81 Å². The molecule has 0 bridgehead atoms. The van der Waals surface area contributed by atoms with Crippen LogP contribution in [0.5, 0.6) is 0 Å². The van der Waals surface area contributed by atoms with E-state index in [1.807, 2.05) is 14.0 Å². The zero-order valence-corrected chi connectivity index (χ0v) is 8.23. The van der Waals surface area contributed by atoms with Crippen LogP contribution >= 0.6 is 0 Å². The molecule has 1 N–H and O–H groups in total. The van der Waals surface area contributed by atoms with Gasteiger partial charge in [-0.05, 0) is 25.6 Å². The first-order valence-electron chi connectivity index (χ1n) is 4.54. The highest BCUT2D eigenvalue weighted by molar-refractivity contribution is 5.84. The van der Waals surface area contributed by atoms with Crippen LogP contribution in [-0.2, 0) is 6.54 Å². The number of furan rings is 1. The molecule has 74 valence electrons. The topological polar surface area (TPSA) is 25.2 Å². The monoisotopic (exact) mass is 193 g/mol. The normalized spacial score (nSPS) is 11.1. The molecule has 3 heteroatoms. The zero-order valence-electron chi connectivity index (χ0n) is 8.23. The van der Waals surface area contributed by atoms with Gasteiger partial charge in [0.25, 0.3) is 0 Å². The van der Waals surface area contributed by atoms with Crippen LogP contribution in [0.15, 0.2) is 22.8 Å². The molecule has 0 amide bonds. The van der Waals surface area contributed by atoms with Gasteiger partial charge in [0.05, 0.1) is 6.26 Å². The average molecular weight is 193 g/mol. The Labute approximate surface area is 81.7 Å². The number of rotatable bonds is 2. The second-order valence-corrected chi connectivity index (χ2v) is 3.36. The van der Waals surface area contributed by atoms with Crippen molar-refractivity contribution in [3.63, 3.8) is 0 Å². The fourth-order valence-corrected chi connectivity index (χ4v) is 1.68. The molecule has 2 rings (SSSR count). The van der Waals surface area contributed by atoms with Gasteiger partial charge in [0.15, 0.2) is 11.4 Å². The van der Waals surface area contributed by atoms with Gasteiger partial charge in [-0.25, -0.2) is 4.39 Å². The molecule has 14 heavy (non-hydrogen) atoms. The van der Waals surface area contributed by atoms with Crippen molar-refractivity contribution in [2.75, 3.05) is 7.05 Å². The molecular weight excluding hydrogens is 181 g/mol. The van der Waals surface area contributed by atoms with Crippen molar-refractivity contribution in [1.29, 1.82) is 0 Å². The summed E-state index contributed by atoms with van der Waals surface area (Å²) in [6, 6.07) is 3.21. The van der Waals surface area contributed by atoms with E-state index in [-0.39, 0.29) is 5.82 Å². The third kappa shape index (κ3) is 1.30. The van der Waals surface area contributed by atoms with E-state index < -0.39 is 0 Å². The van der Waals surface area contributed by atoms with Crippen LogP contribution < -0.4 is 5.32 Å². The van der Waals surface area contributed by atoms with Gasteiger partial charge in [-0.2, -0.15) is 0 Å². The smallest absolute Gasteiger partial charge is 0.170 e. The van der Waals surface area contributed by atoms with E-state index >= 15 is 0 Å². The van der Waals surface area contributed by atoms with Crippen LogP contribution in [0.25, 0.3) is 11.0 Å². The van der Waals surface area contributed by atoms with Gasteiger partial charge in [0, 0.05) is 17.5 Å². The number of hydrogen-bond donors (Lipinski definition) is 1. The third-order valence-electron chi connectivity index (χ3n) is 2.33. The van der Waals surface area contributed by atoms with Crippen molar-refractivity contribution in [1.82, 2.24) is 5.32 Å². The van der Waals surface area contributed by atoms with E-state index in [9.17, 15) is 4.39 Å². The average Bonchev–Trinajstić information content (AvgIpc) is 2.58. The van der Waals surface area contributed by atoms with Crippen LogP contribution in [0, 0.1) is 12.7 Å². The fraction of sp³-hybridized carbons (Fsp3) is 0.273. The van der Waals surface area contributed by atoms with Gasteiger partial charge < -0.3 is 9.73 Å². The summed E-state index contributed by atoms with van der Waals surface area (Å²) in [5.74, 6) is -0.298. The summed E-state index contributed by atoms with van der Waals surface area (Å²) in [6.07, 6.45) is 1.61. The molecule has 0 fully saturated rings. The van der Waals surface area contributed by atoms with Gasteiger partial charge in [-0.3, -0.25) is 0 Å². The summed E-state index contributed by atoms with van der Waals surface area (Å²) in [7, 11) is 1.85. The molecule has 0 aliphatic rings. The molecule has 1 aromatic heterocycles. The Morgan fingerprint density at radius 3 is 2.93 bits per heavy atom. The Bertz CT molecular complexity index is 462. The number of halogens is 1. The second-order valence-electron chi connectivity index (χ2n) is 3.36. The third-order valence-corrected chi connectivity index (χ3v) is 2.33. The maximum absolute atomic E-state index is 13.3. The summed E-state index contributed by atoms with van der Waals surface area (Å²) in [5, 5.41) is 3.91. The molecule has 1 aromatic carbocycles. The number of aryl methyl sites for hydroxylation is 1. The predicted molar refractivity (Wildman–Crippen MR) is 53.7 cm³/mol. The van der Waals surface area contributed by atoms with Crippen LogP contribution in [0.2, 0.25) is 0 Å². The van der Waals surface area contributed by atoms with E-state index in [1.54, 1.807) is 12.3 Å². The summed E-state index contributed by atoms with van der Waals surface area (Å²) >= 11 is 0. The first-order chi connectivity index (χ1) is 6.74. The minimum Gasteiger partial charge on any atom is -0.461 e. The number of nitrogens with one attached hydrogen (secondary N) is 1. The molecule has 2 aromatic rings. The highest BCUT2D eigenvalue weighted by atomic mass is 19.1. The largest absolute Gasteiger partial charge is 0.461 e. The van der Waals surface area contributed by atoms with E-state index in [0.717, 1.165) is 16.5 Å². The van der Waals surface area contributed by atoms with Crippen molar-refractivity contribution in [3.8, 4) is 0 Å². The van der Waals surface area contributed by atoms with Crippen LogP contribution in [0.1, 0.15) is 11.1 Å². The van der Waals surface area contributed by atoms with Crippen LogP contribution in [0.4, 0.5) is 4.39 Å². The van der Waals surface area contributed by atoms with Gasteiger partial charge in [-0.15, -0.1) is 0 Å². The lowest BCUT2D eigenvalue weighted by molar-refractivity contribution is 0.557. The maximum Gasteiger partial charge on any atom is 0.170 e. The summed E-state index contributed by atoms with van der Waals surface area (Å²) in [4.78, 5) is 0. The van der Waals surface area contributed by atoms with Crippen molar-refractivity contribution in [3.05, 3.63) is 35.3 Å². The molecule has 0 atom stereocenters. The molecule has 0 unspecified atom stereocenters. The molecule has 1 heterocycles. The predicted octanol–water partition coefficient (Wildman–Crippen LogP) is 2.60. The van der Waals surface area contributed by atoms with E-state index in [2.05, 4.69) is 5.32 Å². The minimum absolute atomic E-state index is 0.298. The van der Waals surface area contributed by atoms with Gasteiger partial charge in [-0.1, -0.05) is 6.07 Å². The van der Waals surface area contributed by atoms with Crippen LogP contribution in [-0.4, -0.2) is 7.05 Å². The highest BCUT2D eigenvalue weighted by Crippen LogP contribution is 2.26. The Morgan fingerprint density at radius 2 is 2.21 bits per heavy atom. The Hall–Kier alpha value is -1.35. The molecule has 0 aliphatic carbocycles. The van der Waals surface area contributed by atoms with E-state index in [0.29, 0.717) is 12.1 Å². The Kier molecular flexibility index (Phi) is 2.25. The van der Waals surface area contributed by atoms with Gasteiger partial charge in [0.2, 0.25) is 0 Å². The van der Waals surface area contributed by atoms with E-state index in [4.69, 9.17) is 4.42 Å². The number of fused-ring (bicyclic) bond motifs is 1. The lowest BCUT2D eigenvalue weighted by Crippen LogP contribution is -2.04. The molecular formula is C11H12FNO. The SMILES string of the molecule is CNCc1coc2c(F)ccc(C)c12. The lowest BCUT2D eigenvalue weighted by atomic mass is 10.1. The molecule has 0 saturated carbocycles. The number of benzene rings is 1. The number of hydrogen-bond acceptors (Lipinski definition) is 2. The molecule has 0 radical (unpaired) electrons. The molecule has 0 aliphatic heterocycles. The van der Waals surface area contributed by atoms with E-state index in [1.165, 1.54) is 6.07 Å². The first kappa shape index (κ1) is 9.21. The first-order valence-corrected chi connectivity index (χ1v) is 4.54. The van der Waals surface area contributed by atoms with Crippen LogP contribution in [0.3, 0.4) is 0 Å². The standard InChI is InChI=1S/C11H12FNO/c1-7-3-4-9(12)11-10(7)8(5-13-2)6-14-11/h3-4,6,13H,5H2,1-2H3. The fourth-order valence-electron chi connectivity index (χ4n) is 1.68. The van der Waals surface area contributed by atoms with Crippen molar-refractivity contribution in [2.45, 2.75) is 13.5 Å². The highest BCUT2D eigenvalue weighted by Gasteiger charge is 2.11. The summed E-state index contributed by atoms with van der Waals surface area (Å²) in [6.45, 7) is 2.65. The van der Waals surface area contributed by atoms with Crippen molar-refractivity contribution >= 4 is 11.0 Å². The maximum atomic E-state index is 13.3. The minimum atomic E-state index is -0.298. The molecule has 0 saturated heterocycles. The zero-order chi connectivity index (χ0) is 10.1. The molecule has 0 spiro atoms. The van der Waals surface area contributed by atoms with Gasteiger partial charge in [0.1, 0.15) is 0 Å².